The molecular formula is C11H12O2. The van der Waals surface area contributed by atoms with Crippen LogP contribution in [-0.4, -0.2) is 12.6 Å². The summed E-state index contributed by atoms with van der Waals surface area (Å²) in [5, 5.41) is 0. The van der Waals surface area contributed by atoms with Crippen molar-refractivity contribution in [2.24, 2.45) is 0 Å². The first kappa shape index (κ1) is 9.65. The maximum atomic E-state index is 10.8. The fourth-order valence-corrected chi connectivity index (χ4v) is 1.33. The second kappa shape index (κ2) is 3.99. The number of aldehydes is 2. The van der Waals surface area contributed by atoms with Crippen molar-refractivity contribution in [3.8, 4) is 0 Å². The summed E-state index contributed by atoms with van der Waals surface area (Å²) in [4.78, 5) is 21.3. The Kier molecular flexibility index (Phi) is 2.96. The molecule has 1 atom stereocenters. The molecule has 0 aliphatic heterocycles. The summed E-state index contributed by atoms with van der Waals surface area (Å²) in [6.07, 6.45) is 1.66. The van der Waals surface area contributed by atoms with E-state index in [1.807, 2.05) is 25.1 Å². The van der Waals surface area contributed by atoms with Crippen molar-refractivity contribution >= 4 is 12.6 Å². The number of benzene rings is 1. The number of aryl methyl sites for hydroxylation is 1. The van der Waals surface area contributed by atoms with E-state index in [0.29, 0.717) is 5.56 Å². The molecule has 0 bridgehead atoms. The van der Waals surface area contributed by atoms with Crippen molar-refractivity contribution in [2.75, 3.05) is 0 Å². The standard InChI is InChI=1S/C11H12O2/c1-8-4-3-5-10(9(2)6-12)11(8)7-13/h3-7,9H,1-2H3. The lowest BCUT2D eigenvalue weighted by atomic mass is 9.94. The van der Waals surface area contributed by atoms with E-state index in [1.165, 1.54) is 0 Å². The molecule has 0 radical (unpaired) electrons. The minimum absolute atomic E-state index is 0.208. The number of hydrogen-bond donors (Lipinski definition) is 0. The van der Waals surface area contributed by atoms with Crippen molar-refractivity contribution in [1.29, 1.82) is 0 Å². The van der Waals surface area contributed by atoms with Gasteiger partial charge in [-0.15, -0.1) is 0 Å². The average Bonchev–Trinajstić information content (AvgIpc) is 2.16. The van der Waals surface area contributed by atoms with Crippen molar-refractivity contribution < 1.29 is 9.59 Å². The predicted octanol–water partition coefficient (Wildman–Crippen LogP) is 2.11. The van der Waals surface area contributed by atoms with Crippen molar-refractivity contribution in [3.63, 3.8) is 0 Å². The van der Waals surface area contributed by atoms with Crippen LogP contribution in [0.1, 0.15) is 34.3 Å². The van der Waals surface area contributed by atoms with E-state index in [0.717, 1.165) is 23.7 Å². The fourth-order valence-electron chi connectivity index (χ4n) is 1.33. The number of hydrogen-bond acceptors (Lipinski definition) is 2. The third-order valence-corrected chi connectivity index (χ3v) is 2.17. The van der Waals surface area contributed by atoms with Crippen LogP contribution in [0.3, 0.4) is 0 Å². The Morgan fingerprint density at radius 3 is 2.54 bits per heavy atom. The normalized spacial score (nSPS) is 12.2. The van der Waals surface area contributed by atoms with Crippen LogP contribution in [0.25, 0.3) is 0 Å². The van der Waals surface area contributed by atoms with E-state index >= 15 is 0 Å². The average molecular weight is 176 g/mol. The Morgan fingerprint density at radius 1 is 1.31 bits per heavy atom. The van der Waals surface area contributed by atoms with Crippen LogP contribution in [-0.2, 0) is 4.79 Å². The highest BCUT2D eigenvalue weighted by molar-refractivity contribution is 5.82. The highest BCUT2D eigenvalue weighted by atomic mass is 16.1. The largest absolute Gasteiger partial charge is 0.303 e. The van der Waals surface area contributed by atoms with E-state index in [9.17, 15) is 9.59 Å². The molecule has 0 aliphatic carbocycles. The van der Waals surface area contributed by atoms with Gasteiger partial charge in [-0.3, -0.25) is 4.79 Å². The van der Waals surface area contributed by atoms with Crippen molar-refractivity contribution in [3.05, 3.63) is 34.9 Å². The summed E-state index contributed by atoms with van der Waals surface area (Å²) in [5.74, 6) is -0.208. The number of carbonyl (C=O) groups is 2. The molecule has 0 aromatic heterocycles. The lowest BCUT2D eigenvalue weighted by Crippen LogP contribution is -2.01. The molecule has 0 amide bonds. The Bertz CT molecular complexity index is 329. The van der Waals surface area contributed by atoms with Gasteiger partial charge in [-0.2, -0.15) is 0 Å². The Balaban J connectivity index is 3.27. The predicted molar refractivity (Wildman–Crippen MR) is 51.0 cm³/mol. The Labute approximate surface area is 77.6 Å². The fraction of sp³-hybridized carbons (Fsp3) is 0.273. The second-order valence-electron chi connectivity index (χ2n) is 3.12. The van der Waals surface area contributed by atoms with Crippen LogP contribution >= 0.6 is 0 Å². The summed E-state index contributed by atoms with van der Waals surface area (Å²) >= 11 is 0. The summed E-state index contributed by atoms with van der Waals surface area (Å²) in [5.41, 5.74) is 2.37. The van der Waals surface area contributed by atoms with Crippen molar-refractivity contribution in [2.45, 2.75) is 19.8 Å². The molecule has 0 fully saturated rings. The van der Waals surface area contributed by atoms with E-state index in [-0.39, 0.29) is 5.92 Å². The van der Waals surface area contributed by atoms with Gasteiger partial charge in [0.25, 0.3) is 0 Å². The van der Waals surface area contributed by atoms with Crippen LogP contribution in [0.15, 0.2) is 18.2 Å². The van der Waals surface area contributed by atoms with Crippen LogP contribution in [0.5, 0.6) is 0 Å². The second-order valence-corrected chi connectivity index (χ2v) is 3.12. The van der Waals surface area contributed by atoms with Gasteiger partial charge in [0.1, 0.15) is 6.29 Å². The zero-order valence-corrected chi connectivity index (χ0v) is 7.78. The molecule has 1 aromatic rings. The molecule has 0 N–H and O–H groups in total. The molecule has 1 rings (SSSR count). The molecule has 2 nitrogen and oxygen atoms in total. The van der Waals surface area contributed by atoms with E-state index in [4.69, 9.17) is 0 Å². The molecule has 0 aliphatic rings. The third kappa shape index (κ3) is 1.83. The molecule has 13 heavy (non-hydrogen) atoms. The molecule has 0 heterocycles. The maximum Gasteiger partial charge on any atom is 0.150 e. The lowest BCUT2D eigenvalue weighted by Gasteiger charge is -2.08. The van der Waals surface area contributed by atoms with Crippen LogP contribution < -0.4 is 0 Å². The summed E-state index contributed by atoms with van der Waals surface area (Å²) in [7, 11) is 0. The molecule has 2 heteroatoms. The Hall–Kier alpha value is -1.44. The summed E-state index contributed by atoms with van der Waals surface area (Å²) in [6, 6.07) is 5.54. The minimum Gasteiger partial charge on any atom is -0.303 e. The minimum atomic E-state index is -0.208. The van der Waals surface area contributed by atoms with Gasteiger partial charge < -0.3 is 4.79 Å². The van der Waals surface area contributed by atoms with E-state index < -0.39 is 0 Å². The molecule has 1 unspecified atom stereocenters. The summed E-state index contributed by atoms with van der Waals surface area (Å²) in [6.45, 7) is 3.65. The van der Waals surface area contributed by atoms with E-state index in [2.05, 4.69) is 0 Å². The van der Waals surface area contributed by atoms with Crippen LogP contribution in [0.2, 0.25) is 0 Å². The van der Waals surface area contributed by atoms with Gasteiger partial charge in [-0.05, 0) is 18.1 Å². The smallest absolute Gasteiger partial charge is 0.150 e. The first-order valence-electron chi connectivity index (χ1n) is 4.20. The monoisotopic (exact) mass is 176 g/mol. The molecule has 1 aromatic carbocycles. The topological polar surface area (TPSA) is 34.1 Å². The number of carbonyl (C=O) groups excluding carboxylic acids is 2. The van der Waals surface area contributed by atoms with Gasteiger partial charge in [0.15, 0.2) is 6.29 Å². The zero-order chi connectivity index (χ0) is 9.84. The van der Waals surface area contributed by atoms with Crippen LogP contribution in [0.4, 0.5) is 0 Å². The molecular weight excluding hydrogens is 164 g/mol. The van der Waals surface area contributed by atoms with Gasteiger partial charge in [0.2, 0.25) is 0 Å². The highest BCUT2D eigenvalue weighted by Gasteiger charge is 2.10. The van der Waals surface area contributed by atoms with Crippen molar-refractivity contribution in [1.82, 2.24) is 0 Å². The SMILES string of the molecule is Cc1cccc(C(C)C=O)c1C=O. The molecule has 0 saturated carbocycles. The van der Waals surface area contributed by atoms with E-state index in [1.54, 1.807) is 6.92 Å². The Morgan fingerprint density at radius 2 is 2.00 bits per heavy atom. The highest BCUT2D eigenvalue weighted by Crippen LogP contribution is 2.19. The van der Waals surface area contributed by atoms with Gasteiger partial charge in [-0.25, -0.2) is 0 Å². The van der Waals surface area contributed by atoms with Gasteiger partial charge >= 0.3 is 0 Å². The third-order valence-electron chi connectivity index (χ3n) is 2.17. The zero-order valence-electron chi connectivity index (χ0n) is 7.78. The first-order valence-corrected chi connectivity index (χ1v) is 4.20. The lowest BCUT2D eigenvalue weighted by molar-refractivity contribution is -0.108. The van der Waals surface area contributed by atoms with Gasteiger partial charge in [0.05, 0.1) is 0 Å². The van der Waals surface area contributed by atoms with Gasteiger partial charge in [0, 0.05) is 11.5 Å². The molecule has 0 saturated heterocycles. The summed E-state index contributed by atoms with van der Waals surface area (Å²) < 4.78 is 0. The maximum absolute atomic E-state index is 10.8. The first-order chi connectivity index (χ1) is 6.20. The quantitative estimate of drug-likeness (QED) is 0.661. The number of rotatable bonds is 3. The van der Waals surface area contributed by atoms with Crippen LogP contribution in [0, 0.1) is 6.92 Å². The molecule has 68 valence electrons. The molecule has 0 spiro atoms. The van der Waals surface area contributed by atoms with Gasteiger partial charge in [-0.1, -0.05) is 25.1 Å².